The highest BCUT2D eigenvalue weighted by atomic mass is 19.1. The number of nitrogens with zero attached hydrogens (tertiary/aromatic N) is 3. The number of nitrogens with one attached hydrogen (secondary N) is 1. The van der Waals surface area contributed by atoms with Gasteiger partial charge in [0.15, 0.2) is 5.82 Å². The molecule has 3 aromatic rings. The molecule has 140 valence electrons. The highest BCUT2D eigenvalue weighted by Gasteiger charge is 2.21. The maximum atomic E-state index is 12.9. The molecule has 0 radical (unpaired) electrons. The summed E-state index contributed by atoms with van der Waals surface area (Å²) in [6, 6.07) is 11.3. The molecule has 1 amide bonds. The van der Waals surface area contributed by atoms with Gasteiger partial charge in [-0.25, -0.2) is 14.1 Å². The lowest BCUT2D eigenvalue weighted by Crippen LogP contribution is -2.29. The van der Waals surface area contributed by atoms with Crippen LogP contribution in [0.2, 0.25) is 0 Å². The first kappa shape index (κ1) is 18.6. The second kappa shape index (κ2) is 8.44. The van der Waals surface area contributed by atoms with Crippen molar-refractivity contribution in [2.24, 2.45) is 0 Å². The van der Waals surface area contributed by atoms with E-state index in [1.165, 1.54) is 12.1 Å². The van der Waals surface area contributed by atoms with Crippen LogP contribution in [0.5, 0.6) is 5.75 Å². The van der Waals surface area contributed by atoms with Crippen LogP contribution in [0.25, 0.3) is 5.82 Å². The van der Waals surface area contributed by atoms with Crippen LogP contribution < -0.4 is 10.1 Å². The number of ether oxygens (including phenoxy) is 1. The molecular formula is C20H21FN4O2. The molecule has 6 nitrogen and oxygen atoms in total. The first-order chi connectivity index (χ1) is 13.1. The van der Waals surface area contributed by atoms with E-state index in [0.717, 1.165) is 5.69 Å². The van der Waals surface area contributed by atoms with Gasteiger partial charge in [0.25, 0.3) is 5.91 Å². The number of aromatic nitrogens is 3. The predicted molar refractivity (Wildman–Crippen MR) is 99.7 cm³/mol. The monoisotopic (exact) mass is 368 g/mol. The molecule has 0 unspecified atom stereocenters. The molecule has 2 aromatic heterocycles. The summed E-state index contributed by atoms with van der Waals surface area (Å²) < 4.78 is 20.0. The number of amides is 1. The zero-order chi connectivity index (χ0) is 19.2. The Morgan fingerprint density at radius 1 is 1.22 bits per heavy atom. The minimum Gasteiger partial charge on any atom is -0.492 e. The fraction of sp³-hybridized carbons (Fsp3) is 0.250. The molecule has 0 fully saturated rings. The van der Waals surface area contributed by atoms with Gasteiger partial charge >= 0.3 is 0 Å². The molecule has 0 aliphatic carbocycles. The third kappa shape index (κ3) is 4.49. The average Bonchev–Trinajstić information content (AvgIpc) is 3.13. The van der Waals surface area contributed by atoms with Gasteiger partial charge in [-0.1, -0.05) is 19.9 Å². The maximum Gasteiger partial charge on any atom is 0.254 e. The molecule has 1 aromatic carbocycles. The fourth-order valence-corrected chi connectivity index (χ4v) is 2.71. The molecule has 7 heteroatoms. The Morgan fingerprint density at radius 2 is 2.00 bits per heavy atom. The van der Waals surface area contributed by atoms with Crippen molar-refractivity contribution in [1.29, 1.82) is 0 Å². The second-order valence-corrected chi connectivity index (χ2v) is 6.26. The van der Waals surface area contributed by atoms with Gasteiger partial charge in [0.1, 0.15) is 18.2 Å². The minimum atomic E-state index is -0.318. The normalized spacial score (nSPS) is 10.8. The molecule has 0 aliphatic heterocycles. The van der Waals surface area contributed by atoms with E-state index in [-0.39, 0.29) is 24.2 Å². The fourth-order valence-electron chi connectivity index (χ4n) is 2.71. The van der Waals surface area contributed by atoms with Crippen molar-refractivity contribution in [3.63, 3.8) is 0 Å². The van der Waals surface area contributed by atoms with Gasteiger partial charge in [0.2, 0.25) is 0 Å². The lowest BCUT2D eigenvalue weighted by atomic mass is 10.1. The first-order valence-electron chi connectivity index (χ1n) is 8.72. The molecule has 0 atom stereocenters. The van der Waals surface area contributed by atoms with Crippen LogP contribution in [-0.2, 0) is 0 Å². The van der Waals surface area contributed by atoms with Crippen LogP contribution in [0.15, 0.2) is 54.9 Å². The van der Waals surface area contributed by atoms with Crippen LogP contribution in [0.4, 0.5) is 4.39 Å². The van der Waals surface area contributed by atoms with E-state index in [9.17, 15) is 9.18 Å². The summed E-state index contributed by atoms with van der Waals surface area (Å²) in [5, 5.41) is 7.17. The Labute approximate surface area is 157 Å². The summed E-state index contributed by atoms with van der Waals surface area (Å²) in [5.74, 6) is 0.771. The van der Waals surface area contributed by atoms with E-state index < -0.39 is 0 Å². The first-order valence-corrected chi connectivity index (χ1v) is 8.72. The molecule has 0 bridgehead atoms. The highest BCUT2D eigenvalue weighted by molar-refractivity contribution is 5.95. The smallest absolute Gasteiger partial charge is 0.254 e. The van der Waals surface area contributed by atoms with Gasteiger partial charge in [-0.2, -0.15) is 5.10 Å². The third-order valence-electron chi connectivity index (χ3n) is 3.93. The van der Waals surface area contributed by atoms with E-state index >= 15 is 0 Å². The zero-order valence-electron chi connectivity index (χ0n) is 15.2. The summed E-state index contributed by atoms with van der Waals surface area (Å²) in [6.07, 6.45) is 3.24. The molecule has 3 rings (SSSR count). The number of carbonyl (C=O) groups is 1. The van der Waals surface area contributed by atoms with Gasteiger partial charge < -0.3 is 10.1 Å². The SMILES string of the molecule is CC(C)c1c(C(=O)NCCOc2ccc(F)cc2)cnn1-c1ccccn1. The number of hydrogen-bond acceptors (Lipinski definition) is 4. The lowest BCUT2D eigenvalue weighted by molar-refractivity contribution is 0.0945. The highest BCUT2D eigenvalue weighted by Crippen LogP contribution is 2.22. The largest absolute Gasteiger partial charge is 0.492 e. The van der Waals surface area contributed by atoms with Crippen LogP contribution in [0.3, 0.4) is 0 Å². The number of pyridine rings is 1. The van der Waals surface area contributed by atoms with Gasteiger partial charge in [-0.05, 0) is 42.3 Å². The number of hydrogen-bond donors (Lipinski definition) is 1. The molecule has 0 spiro atoms. The third-order valence-corrected chi connectivity index (χ3v) is 3.93. The summed E-state index contributed by atoms with van der Waals surface area (Å²) in [4.78, 5) is 16.9. The Kier molecular flexibility index (Phi) is 5.80. The molecule has 0 saturated carbocycles. The van der Waals surface area contributed by atoms with Gasteiger partial charge in [0.05, 0.1) is 24.0 Å². The van der Waals surface area contributed by atoms with Crippen molar-refractivity contribution < 1.29 is 13.9 Å². The molecular weight excluding hydrogens is 347 g/mol. The number of benzene rings is 1. The Morgan fingerprint density at radius 3 is 2.67 bits per heavy atom. The van der Waals surface area contributed by atoms with Crippen LogP contribution in [-0.4, -0.2) is 33.8 Å². The average molecular weight is 368 g/mol. The second-order valence-electron chi connectivity index (χ2n) is 6.26. The molecule has 0 saturated heterocycles. The summed E-state index contributed by atoms with van der Waals surface area (Å²) >= 11 is 0. The summed E-state index contributed by atoms with van der Waals surface area (Å²) in [7, 11) is 0. The van der Waals surface area contributed by atoms with Crippen LogP contribution >= 0.6 is 0 Å². The van der Waals surface area contributed by atoms with Crippen molar-refractivity contribution in [2.45, 2.75) is 19.8 Å². The lowest BCUT2D eigenvalue weighted by Gasteiger charge is -2.12. The number of carbonyl (C=O) groups excluding carboxylic acids is 1. The van der Waals surface area contributed by atoms with Crippen molar-refractivity contribution in [3.8, 4) is 11.6 Å². The number of rotatable bonds is 7. The zero-order valence-corrected chi connectivity index (χ0v) is 15.2. The predicted octanol–water partition coefficient (Wildman–Crippen LogP) is 3.34. The Bertz CT molecular complexity index is 892. The van der Waals surface area contributed by atoms with Crippen molar-refractivity contribution in [1.82, 2.24) is 20.1 Å². The molecule has 2 heterocycles. The number of halogens is 1. The van der Waals surface area contributed by atoms with E-state index in [2.05, 4.69) is 15.4 Å². The van der Waals surface area contributed by atoms with Crippen molar-refractivity contribution >= 4 is 5.91 Å². The van der Waals surface area contributed by atoms with Gasteiger partial charge in [-0.3, -0.25) is 4.79 Å². The summed E-state index contributed by atoms with van der Waals surface area (Å²) in [5.41, 5.74) is 1.31. The van der Waals surface area contributed by atoms with Crippen LogP contribution in [0, 0.1) is 5.82 Å². The van der Waals surface area contributed by atoms with Crippen molar-refractivity contribution in [3.05, 3.63) is 71.9 Å². The molecule has 0 aliphatic rings. The van der Waals surface area contributed by atoms with E-state index in [4.69, 9.17) is 4.74 Å². The maximum absolute atomic E-state index is 12.9. The van der Waals surface area contributed by atoms with Crippen molar-refractivity contribution in [2.75, 3.05) is 13.2 Å². The van der Waals surface area contributed by atoms with Crippen LogP contribution in [0.1, 0.15) is 35.8 Å². The molecule has 1 N–H and O–H groups in total. The molecule has 27 heavy (non-hydrogen) atoms. The minimum absolute atomic E-state index is 0.0886. The Balaban J connectivity index is 1.64. The Hall–Kier alpha value is -3.22. The van der Waals surface area contributed by atoms with E-state index in [0.29, 0.717) is 23.7 Å². The van der Waals surface area contributed by atoms with Gasteiger partial charge in [-0.15, -0.1) is 0 Å². The summed E-state index contributed by atoms with van der Waals surface area (Å²) in [6.45, 7) is 4.61. The standard InChI is InChI=1S/C20H21FN4O2/c1-14(2)19-17(13-24-25(19)18-5-3-4-10-22-18)20(26)23-11-12-27-16-8-6-15(21)7-9-16/h3-10,13-14H,11-12H2,1-2H3,(H,23,26). The van der Waals surface area contributed by atoms with Gasteiger partial charge in [0, 0.05) is 6.20 Å². The topological polar surface area (TPSA) is 69.0 Å². The quantitative estimate of drug-likeness (QED) is 0.650. The van der Waals surface area contributed by atoms with E-state index in [1.807, 2.05) is 32.0 Å². The van der Waals surface area contributed by atoms with E-state index in [1.54, 1.807) is 29.2 Å².